The van der Waals surface area contributed by atoms with Crippen LogP contribution in [0.3, 0.4) is 0 Å². The molecule has 0 aliphatic carbocycles. The van der Waals surface area contributed by atoms with Crippen LogP contribution in [-0.4, -0.2) is 32.5 Å². The number of hydrogen-bond acceptors (Lipinski definition) is 5. The zero-order chi connectivity index (χ0) is 21.6. The van der Waals surface area contributed by atoms with E-state index in [1.807, 2.05) is 44.2 Å². The van der Waals surface area contributed by atoms with Crippen LogP contribution in [0.25, 0.3) is 0 Å². The fourth-order valence-corrected chi connectivity index (χ4v) is 3.61. The quantitative estimate of drug-likeness (QED) is 0.492. The lowest BCUT2D eigenvalue weighted by atomic mass is 9.85. The van der Waals surface area contributed by atoms with Gasteiger partial charge in [0.15, 0.2) is 6.10 Å². The highest BCUT2D eigenvalue weighted by Gasteiger charge is 2.30. The summed E-state index contributed by atoms with van der Waals surface area (Å²) in [7, 11) is -3.39. The number of ether oxygens (including phenoxy) is 1. The summed E-state index contributed by atoms with van der Waals surface area (Å²) in [6.07, 6.45) is 0.895. The molecule has 0 fully saturated rings. The molecule has 0 aromatic heterocycles. The minimum atomic E-state index is -3.39. The molecule has 2 aromatic carbocycles. The highest BCUT2D eigenvalue weighted by atomic mass is 32.2. The average Bonchev–Trinajstić information content (AvgIpc) is 2.67. The summed E-state index contributed by atoms with van der Waals surface area (Å²) in [6, 6.07) is 15.4. The Hall–Kier alpha value is -2.67. The third-order valence-corrected chi connectivity index (χ3v) is 5.37. The molecule has 0 aliphatic rings. The number of esters is 1. The number of carbonyl (C=O) groups excluding carboxylic acids is 2. The van der Waals surface area contributed by atoms with Gasteiger partial charge in [0.2, 0.25) is 15.8 Å². The summed E-state index contributed by atoms with van der Waals surface area (Å²) in [5.74, 6) is -1.16. The van der Waals surface area contributed by atoms with Crippen molar-refractivity contribution >= 4 is 27.5 Å². The largest absolute Gasteiger partial charge is 0.454 e. The number of anilines is 1. The van der Waals surface area contributed by atoms with Gasteiger partial charge in [-0.1, -0.05) is 50.6 Å². The van der Waals surface area contributed by atoms with Crippen molar-refractivity contribution in [2.75, 3.05) is 11.0 Å². The molecule has 0 bridgehead atoms. The van der Waals surface area contributed by atoms with Crippen molar-refractivity contribution in [1.82, 2.24) is 0 Å². The van der Waals surface area contributed by atoms with Crippen LogP contribution in [0, 0.1) is 5.92 Å². The number of nitrogens with one attached hydrogen (secondary N) is 1. The highest BCUT2D eigenvalue weighted by Crippen LogP contribution is 2.29. The Labute approximate surface area is 172 Å². The molecule has 0 radical (unpaired) electrons. The SMILES string of the molecule is CC[C@H](C)[C@H](C(=O)O[C@@H](C)C(=O)c1ccc(NS(C)(=O)=O)cc1)c1ccccc1. The van der Waals surface area contributed by atoms with Crippen LogP contribution < -0.4 is 4.72 Å². The topological polar surface area (TPSA) is 89.5 Å². The van der Waals surface area contributed by atoms with E-state index in [0.29, 0.717) is 11.3 Å². The molecule has 0 saturated carbocycles. The van der Waals surface area contributed by atoms with E-state index in [0.717, 1.165) is 18.2 Å². The minimum absolute atomic E-state index is 0.0635. The first-order chi connectivity index (χ1) is 13.6. The Morgan fingerprint density at radius 3 is 2.10 bits per heavy atom. The van der Waals surface area contributed by atoms with Crippen LogP contribution in [0.5, 0.6) is 0 Å². The fourth-order valence-electron chi connectivity index (χ4n) is 3.05. The molecule has 2 rings (SSSR count). The second-order valence-corrected chi connectivity index (χ2v) is 8.92. The van der Waals surface area contributed by atoms with Gasteiger partial charge in [-0.3, -0.25) is 14.3 Å². The van der Waals surface area contributed by atoms with Crippen LogP contribution in [0.2, 0.25) is 0 Å². The lowest BCUT2D eigenvalue weighted by Crippen LogP contribution is -2.30. The predicted octanol–water partition coefficient (Wildman–Crippen LogP) is 4.00. The molecule has 3 atom stereocenters. The Bertz CT molecular complexity index is 939. The van der Waals surface area contributed by atoms with Crippen molar-refractivity contribution in [2.24, 2.45) is 5.92 Å². The van der Waals surface area contributed by atoms with Crippen LogP contribution in [0.1, 0.15) is 49.0 Å². The summed E-state index contributed by atoms with van der Waals surface area (Å²) in [5.41, 5.74) is 1.56. The van der Waals surface area contributed by atoms with Gasteiger partial charge in [-0.25, -0.2) is 8.42 Å². The molecule has 0 heterocycles. The number of ketones is 1. The molecule has 7 heteroatoms. The molecular weight excluding hydrogens is 390 g/mol. The van der Waals surface area contributed by atoms with Crippen molar-refractivity contribution in [3.63, 3.8) is 0 Å². The Morgan fingerprint density at radius 1 is 1.00 bits per heavy atom. The van der Waals surface area contributed by atoms with Gasteiger partial charge in [0.1, 0.15) is 0 Å². The third kappa shape index (κ3) is 6.42. The second-order valence-electron chi connectivity index (χ2n) is 7.17. The summed E-state index contributed by atoms with van der Waals surface area (Å²) >= 11 is 0. The van der Waals surface area contributed by atoms with Gasteiger partial charge < -0.3 is 4.74 Å². The summed E-state index contributed by atoms with van der Waals surface area (Å²) in [5, 5.41) is 0. The third-order valence-electron chi connectivity index (χ3n) is 4.76. The number of sulfonamides is 1. The molecule has 6 nitrogen and oxygen atoms in total. The molecule has 0 aliphatic heterocycles. The number of carbonyl (C=O) groups is 2. The van der Waals surface area contributed by atoms with Crippen molar-refractivity contribution in [1.29, 1.82) is 0 Å². The van der Waals surface area contributed by atoms with Gasteiger partial charge in [0.25, 0.3) is 0 Å². The van der Waals surface area contributed by atoms with E-state index >= 15 is 0 Å². The number of rotatable bonds is 9. The monoisotopic (exact) mass is 417 g/mol. The first kappa shape index (κ1) is 22.6. The van der Waals surface area contributed by atoms with Gasteiger partial charge in [-0.2, -0.15) is 0 Å². The van der Waals surface area contributed by atoms with Crippen LogP contribution in [0.15, 0.2) is 54.6 Å². The number of Topliss-reactive ketones (excluding diaryl/α,β-unsaturated/α-hetero) is 1. The van der Waals surface area contributed by atoms with E-state index in [-0.39, 0.29) is 11.7 Å². The second kappa shape index (κ2) is 9.69. The zero-order valence-corrected chi connectivity index (χ0v) is 17.9. The van der Waals surface area contributed by atoms with E-state index in [2.05, 4.69) is 4.72 Å². The van der Waals surface area contributed by atoms with Gasteiger partial charge in [0.05, 0.1) is 12.2 Å². The molecule has 0 unspecified atom stereocenters. The molecule has 29 heavy (non-hydrogen) atoms. The van der Waals surface area contributed by atoms with Crippen molar-refractivity contribution in [3.05, 3.63) is 65.7 Å². The molecule has 156 valence electrons. The minimum Gasteiger partial charge on any atom is -0.454 e. The van der Waals surface area contributed by atoms with E-state index in [1.54, 1.807) is 6.92 Å². The lowest BCUT2D eigenvalue weighted by Gasteiger charge is -2.23. The Kier molecular flexibility index (Phi) is 7.56. The van der Waals surface area contributed by atoms with E-state index < -0.39 is 28.0 Å². The molecule has 1 N–H and O–H groups in total. The predicted molar refractivity (Wildman–Crippen MR) is 113 cm³/mol. The van der Waals surface area contributed by atoms with E-state index in [9.17, 15) is 18.0 Å². The van der Waals surface area contributed by atoms with Gasteiger partial charge in [-0.15, -0.1) is 0 Å². The number of benzene rings is 2. The molecular formula is C22H27NO5S. The Balaban J connectivity index is 2.12. The van der Waals surface area contributed by atoms with Gasteiger partial charge >= 0.3 is 5.97 Å². The van der Waals surface area contributed by atoms with Crippen molar-refractivity contribution < 1.29 is 22.7 Å². The van der Waals surface area contributed by atoms with Crippen molar-refractivity contribution in [3.8, 4) is 0 Å². The Morgan fingerprint density at radius 2 is 1.59 bits per heavy atom. The maximum Gasteiger partial charge on any atom is 0.314 e. The summed E-state index contributed by atoms with van der Waals surface area (Å²) < 4.78 is 30.4. The maximum absolute atomic E-state index is 12.8. The smallest absolute Gasteiger partial charge is 0.314 e. The maximum atomic E-state index is 12.8. The molecule has 0 spiro atoms. The highest BCUT2D eigenvalue weighted by molar-refractivity contribution is 7.92. The first-order valence-electron chi connectivity index (χ1n) is 9.50. The first-order valence-corrected chi connectivity index (χ1v) is 11.4. The van der Waals surface area contributed by atoms with E-state index in [1.165, 1.54) is 24.3 Å². The van der Waals surface area contributed by atoms with E-state index in [4.69, 9.17) is 4.74 Å². The van der Waals surface area contributed by atoms with Gasteiger partial charge in [0, 0.05) is 11.3 Å². The fraction of sp³-hybridized carbons (Fsp3) is 0.364. The standard InChI is InChI=1S/C22H27NO5S/c1-5-15(2)20(17-9-7-6-8-10-17)22(25)28-16(3)21(24)18-11-13-19(14-12-18)23-29(4,26)27/h6-16,20,23H,5H2,1-4H3/t15-,16-,20-/m0/s1. The number of hydrogen-bond donors (Lipinski definition) is 1. The normalized spacial score (nSPS) is 14.5. The average molecular weight is 418 g/mol. The summed E-state index contributed by atoms with van der Waals surface area (Å²) in [6.45, 7) is 5.54. The van der Waals surface area contributed by atoms with Crippen LogP contribution in [0.4, 0.5) is 5.69 Å². The summed E-state index contributed by atoms with van der Waals surface area (Å²) in [4.78, 5) is 25.5. The molecule has 2 aromatic rings. The van der Waals surface area contributed by atoms with Crippen LogP contribution in [-0.2, 0) is 19.6 Å². The van der Waals surface area contributed by atoms with Crippen molar-refractivity contribution in [2.45, 2.75) is 39.2 Å². The van der Waals surface area contributed by atoms with Gasteiger partial charge in [-0.05, 0) is 42.7 Å². The zero-order valence-electron chi connectivity index (χ0n) is 17.1. The van der Waals surface area contributed by atoms with Crippen LogP contribution >= 0.6 is 0 Å². The lowest BCUT2D eigenvalue weighted by molar-refractivity contribution is -0.149. The molecule has 0 saturated heterocycles. The molecule has 0 amide bonds.